The standard InChI is InChI=1S/C19H14N4O6/c20-6-11-17(22)29-15-13(25)5-9(8-24)28-16(15)19(11)10-3-1-2-4-12(10)23(18(19)27)7-14(21)26/h1-5,11,22,24H,7-8H2,(H2,21,26). The zero-order valence-electron chi connectivity index (χ0n) is 14.8. The van der Waals surface area contributed by atoms with Gasteiger partial charge in [0.15, 0.2) is 11.2 Å². The highest BCUT2D eigenvalue weighted by Gasteiger charge is 2.64. The molecule has 0 saturated heterocycles. The molecule has 0 fully saturated rings. The normalized spacial score (nSPS) is 22.1. The number of carbonyl (C=O) groups is 2. The molecule has 2 unspecified atom stereocenters. The molecule has 0 bridgehead atoms. The van der Waals surface area contributed by atoms with Crippen LogP contribution in [0.2, 0.25) is 0 Å². The van der Waals surface area contributed by atoms with E-state index in [1.807, 2.05) is 6.07 Å². The molecule has 1 spiro atoms. The number of rotatable bonds is 3. The SMILES string of the molecule is N#CC1C(=N)Oc2c(oc(CO)cc2=O)C12C(=O)N(CC(N)=O)c1ccccc12. The van der Waals surface area contributed by atoms with Crippen molar-refractivity contribution < 1.29 is 23.8 Å². The average Bonchev–Trinajstić information content (AvgIpc) is 2.92. The summed E-state index contributed by atoms with van der Waals surface area (Å²) in [5.74, 6) is -4.46. The number of hydrogen-bond acceptors (Lipinski definition) is 8. The number of amides is 2. The molecule has 1 aromatic heterocycles. The maximum Gasteiger partial charge on any atom is 0.248 e. The number of para-hydroxylation sites is 1. The van der Waals surface area contributed by atoms with Crippen molar-refractivity contribution in [2.75, 3.05) is 11.4 Å². The summed E-state index contributed by atoms with van der Waals surface area (Å²) >= 11 is 0. The van der Waals surface area contributed by atoms with Gasteiger partial charge in [0.2, 0.25) is 28.9 Å². The topological polar surface area (TPSA) is 171 Å². The van der Waals surface area contributed by atoms with Crippen LogP contribution in [0.4, 0.5) is 5.69 Å². The molecule has 4 rings (SSSR count). The predicted octanol–water partition coefficient (Wildman–Crippen LogP) is -0.240. The molecule has 1 aromatic carbocycles. The van der Waals surface area contributed by atoms with Crippen molar-refractivity contribution in [1.82, 2.24) is 0 Å². The van der Waals surface area contributed by atoms with Crippen LogP contribution in [0.15, 0.2) is 39.5 Å². The number of aliphatic hydroxyl groups excluding tert-OH is 1. The Labute approximate surface area is 163 Å². The summed E-state index contributed by atoms with van der Waals surface area (Å²) in [5, 5.41) is 27.4. The zero-order valence-corrected chi connectivity index (χ0v) is 14.8. The van der Waals surface area contributed by atoms with Crippen molar-refractivity contribution in [2.24, 2.45) is 11.7 Å². The fourth-order valence-corrected chi connectivity index (χ4v) is 3.91. The number of hydrogen-bond donors (Lipinski definition) is 3. The van der Waals surface area contributed by atoms with E-state index < -0.39 is 53.4 Å². The molecule has 0 radical (unpaired) electrons. The highest BCUT2D eigenvalue weighted by atomic mass is 16.5. The first-order valence-corrected chi connectivity index (χ1v) is 8.50. The fourth-order valence-electron chi connectivity index (χ4n) is 3.91. The van der Waals surface area contributed by atoms with Crippen molar-refractivity contribution in [3.05, 3.63) is 57.6 Å². The lowest BCUT2D eigenvalue weighted by Crippen LogP contribution is -2.54. The highest BCUT2D eigenvalue weighted by Crippen LogP contribution is 2.54. The maximum atomic E-state index is 13.7. The number of nitrogens with two attached hydrogens (primary N) is 1. The van der Waals surface area contributed by atoms with Gasteiger partial charge in [0.05, 0.1) is 6.07 Å². The van der Waals surface area contributed by atoms with Gasteiger partial charge in [-0.1, -0.05) is 18.2 Å². The largest absolute Gasteiger partial charge is 0.458 e. The summed E-state index contributed by atoms with van der Waals surface area (Å²) in [6.07, 6.45) is 0. The van der Waals surface area contributed by atoms with E-state index in [0.29, 0.717) is 5.69 Å². The minimum Gasteiger partial charge on any atom is -0.458 e. The molecule has 2 aromatic rings. The lowest BCUT2D eigenvalue weighted by atomic mass is 9.67. The Balaban J connectivity index is 2.14. The number of ether oxygens (including phenoxy) is 1. The molecule has 10 heteroatoms. The van der Waals surface area contributed by atoms with Crippen LogP contribution in [-0.2, 0) is 21.6 Å². The highest BCUT2D eigenvalue weighted by molar-refractivity contribution is 6.15. The molecule has 4 N–H and O–H groups in total. The number of aliphatic hydroxyl groups is 1. The number of anilines is 1. The van der Waals surface area contributed by atoms with Crippen LogP contribution >= 0.6 is 0 Å². The summed E-state index contributed by atoms with van der Waals surface area (Å²) < 4.78 is 10.9. The Morgan fingerprint density at radius 3 is 2.76 bits per heavy atom. The Morgan fingerprint density at radius 1 is 1.38 bits per heavy atom. The number of nitrogens with zero attached hydrogens (tertiary/aromatic N) is 2. The van der Waals surface area contributed by atoms with Crippen molar-refractivity contribution in [3.63, 3.8) is 0 Å². The van der Waals surface area contributed by atoms with Crippen molar-refractivity contribution in [1.29, 1.82) is 10.7 Å². The summed E-state index contributed by atoms with van der Waals surface area (Å²) in [6.45, 7) is -1.10. The summed E-state index contributed by atoms with van der Waals surface area (Å²) in [7, 11) is 0. The van der Waals surface area contributed by atoms with Crippen LogP contribution in [0.5, 0.6) is 5.75 Å². The first-order valence-electron chi connectivity index (χ1n) is 8.50. The van der Waals surface area contributed by atoms with E-state index in [4.69, 9.17) is 20.3 Å². The lowest BCUT2D eigenvalue weighted by molar-refractivity contribution is -0.125. The minimum absolute atomic E-state index is 0.138. The van der Waals surface area contributed by atoms with Gasteiger partial charge in [0, 0.05) is 17.3 Å². The molecule has 2 aliphatic rings. The second-order valence-electron chi connectivity index (χ2n) is 6.60. The molecule has 0 aliphatic carbocycles. The van der Waals surface area contributed by atoms with Gasteiger partial charge >= 0.3 is 0 Å². The smallest absolute Gasteiger partial charge is 0.248 e. The quantitative estimate of drug-likeness (QED) is 0.644. The van der Waals surface area contributed by atoms with Gasteiger partial charge in [-0.15, -0.1) is 0 Å². The Morgan fingerprint density at radius 2 is 2.10 bits per heavy atom. The van der Waals surface area contributed by atoms with E-state index in [1.54, 1.807) is 24.3 Å². The number of fused-ring (bicyclic) bond motifs is 4. The van der Waals surface area contributed by atoms with Gasteiger partial charge in [-0.2, -0.15) is 5.26 Å². The van der Waals surface area contributed by atoms with E-state index >= 15 is 0 Å². The monoisotopic (exact) mass is 394 g/mol. The number of nitriles is 1. The molecular formula is C19H14N4O6. The van der Waals surface area contributed by atoms with Crippen LogP contribution in [0.1, 0.15) is 17.1 Å². The third-order valence-corrected chi connectivity index (χ3v) is 5.02. The molecule has 2 amide bonds. The molecule has 10 nitrogen and oxygen atoms in total. The molecule has 2 aliphatic heterocycles. The third kappa shape index (κ3) is 2.31. The van der Waals surface area contributed by atoms with Crippen molar-refractivity contribution in [3.8, 4) is 11.8 Å². The fraction of sp³-hybridized carbons (Fsp3) is 0.211. The summed E-state index contributed by atoms with van der Waals surface area (Å²) in [6, 6.07) is 9.23. The van der Waals surface area contributed by atoms with Crippen LogP contribution in [0.25, 0.3) is 0 Å². The number of carbonyl (C=O) groups excluding carboxylic acids is 2. The Kier molecular flexibility index (Phi) is 3.99. The number of nitrogens with one attached hydrogen (secondary N) is 1. The summed E-state index contributed by atoms with van der Waals surface area (Å²) in [4.78, 5) is 38.9. The van der Waals surface area contributed by atoms with E-state index in [1.165, 1.54) is 0 Å². The molecule has 2 atom stereocenters. The summed E-state index contributed by atoms with van der Waals surface area (Å²) in [5.41, 5.74) is 3.22. The van der Waals surface area contributed by atoms with Gasteiger partial charge in [-0.3, -0.25) is 19.8 Å². The van der Waals surface area contributed by atoms with E-state index in [2.05, 4.69) is 0 Å². The maximum absolute atomic E-state index is 13.7. The molecular weight excluding hydrogens is 380 g/mol. The van der Waals surface area contributed by atoms with Crippen LogP contribution < -0.4 is 20.8 Å². The van der Waals surface area contributed by atoms with E-state index in [9.17, 15) is 24.8 Å². The number of benzene rings is 1. The minimum atomic E-state index is -1.93. The predicted molar refractivity (Wildman–Crippen MR) is 97.1 cm³/mol. The Hall–Kier alpha value is -3.97. The molecule has 146 valence electrons. The second-order valence-corrected chi connectivity index (χ2v) is 6.60. The van der Waals surface area contributed by atoms with Gasteiger partial charge in [-0.05, 0) is 6.07 Å². The van der Waals surface area contributed by atoms with Gasteiger partial charge in [0.25, 0.3) is 0 Å². The van der Waals surface area contributed by atoms with E-state index in [0.717, 1.165) is 11.0 Å². The van der Waals surface area contributed by atoms with E-state index in [-0.39, 0.29) is 17.1 Å². The molecule has 29 heavy (non-hydrogen) atoms. The lowest BCUT2D eigenvalue weighted by Gasteiger charge is -2.36. The van der Waals surface area contributed by atoms with Crippen LogP contribution in [0.3, 0.4) is 0 Å². The average molecular weight is 394 g/mol. The van der Waals surface area contributed by atoms with Crippen molar-refractivity contribution in [2.45, 2.75) is 12.0 Å². The van der Waals surface area contributed by atoms with Gasteiger partial charge in [-0.25, -0.2) is 0 Å². The first-order chi connectivity index (χ1) is 13.9. The second kappa shape index (κ2) is 6.29. The molecule has 0 saturated carbocycles. The van der Waals surface area contributed by atoms with Gasteiger partial charge in [0.1, 0.15) is 24.8 Å². The van der Waals surface area contributed by atoms with Crippen LogP contribution in [0, 0.1) is 22.7 Å². The third-order valence-electron chi connectivity index (χ3n) is 5.02. The van der Waals surface area contributed by atoms with Crippen LogP contribution in [-0.4, -0.2) is 29.4 Å². The molecule has 3 heterocycles. The van der Waals surface area contributed by atoms with Gasteiger partial charge < -0.3 is 24.9 Å². The van der Waals surface area contributed by atoms with Crippen molar-refractivity contribution >= 4 is 23.4 Å². The zero-order chi connectivity index (χ0) is 20.9. The Bertz CT molecular complexity index is 1180. The number of primary amides is 1. The first kappa shape index (κ1) is 18.4.